The Labute approximate surface area is 154 Å². The summed E-state index contributed by atoms with van der Waals surface area (Å²) >= 11 is 0. The van der Waals surface area contributed by atoms with E-state index in [0.29, 0.717) is 19.7 Å². The highest BCUT2D eigenvalue weighted by molar-refractivity contribution is 6.01. The third-order valence-electron chi connectivity index (χ3n) is 4.70. The Morgan fingerprint density at radius 2 is 1.77 bits per heavy atom. The summed E-state index contributed by atoms with van der Waals surface area (Å²) < 4.78 is 5.01. The number of hydrogen-bond donors (Lipinski definition) is 0. The lowest BCUT2D eigenvalue weighted by Gasteiger charge is -2.39. The fourth-order valence-corrected chi connectivity index (χ4v) is 3.31. The second-order valence-corrected chi connectivity index (χ2v) is 6.32. The third kappa shape index (κ3) is 3.78. The lowest BCUT2D eigenvalue weighted by Crippen LogP contribution is -2.57. The predicted molar refractivity (Wildman–Crippen MR) is 102 cm³/mol. The van der Waals surface area contributed by atoms with Crippen molar-refractivity contribution in [1.82, 2.24) is 4.90 Å². The van der Waals surface area contributed by atoms with Crippen LogP contribution in [0.15, 0.2) is 54.6 Å². The van der Waals surface area contributed by atoms with Crippen LogP contribution in [0, 0.1) is 0 Å². The number of rotatable bonds is 5. The number of esters is 1. The molecule has 1 heterocycles. The van der Waals surface area contributed by atoms with Crippen molar-refractivity contribution in [2.45, 2.75) is 19.9 Å². The highest BCUT2D eigenvalue weighted by atomic mass is 16.5. The van der Waals surface area contributed by atoms with Crippen molar-refractivity contribution in [3.8, 4) is 11.1 Å². The molecule has 3 rings (SSSR count). The Morgan fingerprint density at radius 1 is 1.08 bits per heavy atom. The number of carbonyl (C=O) groups excluding carboxylic acids is 2. The van der Waals surface area contributed by atoms with E-state index in [9.17, 15) is 9.59 Å². The molecule has 1 aliphatic heterocycles. The molecule has 5 nitrogen and oxygen atoms in total. The molecule has 0 aromatic heterocycles. The molecule has 2 aromatic carbocycles. The first-order valence-corrected chi connectivity index (χ1v) is 8.97. The second-order valence-electron chi connectivity index (χ2n) is 6.32. The lowest BCUT2D eigenvalue weighted by molar-refractivity contribution is -0.145. The molecule has 26 heavy (non-hydrogen) atoms. The molecule has 1 fully saturated rings. The Hall–Kier alpha value is -2.66. The topological polar surface area (TPSA) is 49.9 Å². The van der Waals surface area contributed by atoms with Gasteiger partial charge in [-0.2, -0.15) is 0 Å². The molecule has 1 atom stereocenters. The van der Waals surface area contributed by atoms with Crippen molar-refractivity contribution in [1.29, 1.82) is 0 Å². The fraction of sp³-hybridized carbons (Fsp3) is 0.333. The number of nitrogens with zero attached hydrogens (tertiary/aromatic N) is 2. The summed E-state index contributed by atoms with van der Waals surface area (Å²) in [5.74, 6) is -0.283. The molecule has 0 radical (unpaired) electrons. The molecular formula is C21H24N2O3. The predicted octanol–water partition coefficient (Wildman–Crippen LogP) is 2.95. The van der Waals surface area contributed by atoms with Gasteiger partial charge in [-0.3, -0.25) is 14.5 Å². The molecule has 136 valence electrons. The number of benzene rings is 2. The van der Waals surface area contributed by atoms with Crippen LogP contribution in [0.1, 0.15) is 13.8 Å². The van der Waals surface area contributed by atoms with Gasteiger partial charge in [0.25, 0.3) is 0 Å². The van der Waals surface area contributed by atoms with Gasteiger partial charge in [0.15, 0.2) is 0 Å². The van der Waals surface area contributed by atoms with Gasteiger partial charge < -0.3 is 9.64 Å². The van der Waals surface area contributed by atoms with E-state index in [0.717, 1.165) is 16.8 Å². The average molecular weight is 352 g/mol. The monoisotopic (exact) mass is 352 g/mol. The van der Waals surface area contributed by atoms with Gasteiger partial charge in [-0.05, 0) is 25.5 Å². The molecular weight excluding hydrogens is 328 g/mol. The first-order valence-electron chi connectivity index (χ1n) is 8.97. The maximum absolute atomic E-state index is 13.0. The molecule has 0 aliphatic carbocycles. The Balaban J connectivity index is 1.82. The van der Waals surface area contributed by atoms with Gasteiger partial charge in [0, 0.05) is 18.7 Å². The number of amides is 1. The smallest absolute Gasteiger partial charge is 0.320 e. The summed E-state index contributed by atoms with van der Waals surface area (Å²) in [5, 5.41) is 0. The largest absolute Gasteiger partial charge is 0.465 e. The van der Waals surface area contributed by atoms with E-state index >= 15 is 0 Å². The minimum atomic E-state index is -0.364. The summed E-state index contributed by atoms with van der Waals surface area (Å²) in [6, 6.07) is 17.6. The molecule has 0 bridgehead atoms. The Morgan fingerprint density at radius 3 is 2.50 bits per heavy atom. The number of piperazine rings is 1. The zero-order valence-electron chi connectivity index (χ0n) is 15.2. The maximum Gasteiger partial charge on any atom is 0.320 e. The zero-order valence-corrected chi connectivity index (χ0v) is 15.2. The fourth-order valence-electron chi connectivity index (χ4n) is 3.31. The minimum absolute atomic E-state index is 0.00364. The standard InChI is InChI=1S/C21H24N2O3/c1-3-26-20(24)15-22-13-14-23(21(25)16(22)2)19-12-8-7-11-18(19)17-9-5-4-6-10-17/h4-12,16H,3,13-15H2,1-2H3. The van der Waals surface area contributed by atoms with Crippen molar-refractivity contribution < 1.29 is 14.3 Å². The SMILES string of the molecule is CCOC(=O)CN1CCN(c2ccccc2-c2ccccc2)C(=O)C1C. The normalized spacial score (nSPS) is 18.0. The average Bonchev–Trinajstić information content (AvgIpc) is 2.67. The van der Waals surface area contributed by atoms with Crippen molar-refractivity contribution in [2.75, 3.05) is 31.1 Å². The molecule has 0 saturated carbocycles. The van der Waals surface area contributed by atoms with E-state index in [1.54, 1.807) is 6.92 Å². The molecule has 2 aromatic rings. The first-order chi connectivity index (χ1) is 12.6. The number of ether oxygens (including phenoxy) is 1. The summed E-state index contributed by atoms with van der Waals surface area (Å²) in [6.45, 7) is 5.31. The van der Waals surface area contributed by atoms with Crippen molar-refractivity contribution >= 4 is 17.6 Å². The molecule has 1 unspecified atom stereocenters. The summed E-state index contributed by atoms with van der Waals surface area (Å²) in [5.41, 5.74) is 3.02. The van der Waals surface area contributed by atoms with Crippen LogP contribution < -0.4 is 4.90 Å². The van der Waals surface area contributed by atoms with Crippen LogP contribution in [0.5, 0.6) is 0 Å². The van der Waals surface area contributed by atoms with Crippen LogP contribution in [-0.4, -0.2) is 49.1 Å². The van der Waals surface area contributed by atoms with E-state index in [1.165, 1.54) is 0 Å². The van der Waals surface area contributed by atoms with Crippen LogP contribution in [0.3, 0.4) is 0 Å². The zero-order chi connectivity index (χ0) is 18.5. The first kappa shape index (κ1) is 18.1. The van der Waals surface area contributed by atoms with Crippen LogP contribution in [0.25, 0.3) is 11.1 Å². The van der Waals surface area contributed by atoms with Gasteiger partial charge in [0.2, 0.25) is 5.91 Å². The van der Waals surface area contributed by atoms with Crippen molar-refractivity contribution in [2.24, 2.45) is 0 Å². The van der Waals surface area contributed by atoms with Gasteiger partial charge >= 0.3 is 5.97 Å². The summed E-state index contributed by atoms with van der Waals surface area (Å²) in [6.07, 6.45) is 0. The van der Waals surface area contributed by atoms with E-state index in [2.05, 4.69) is 0 Å². The molecule has 0 N–H and O–H groups in total. The van der Waals surface area contributed by atoms with Crippen LogP contribution >= 0.6 is 0 Å². The van der Waals surface area contributed by atoms with Crippen molar-refractivity contribution in [3.63, 3.8) is 0 Å². The Bertz CT molecular complexity index is 776. The number of para-hydroxylation sites is 1. The molecule has 0 spiro atoms. The van der Waals surface area contributed by atoms with E-state index < -0.39 is 0 Å². The van der Waals surface area contributed by atoms with Crippen LogP contribution in [0.2, 0.25) is 0 Å². The van der Waals surface area contributed by atoms with Gasteiger partial charge in [0.05, 0.1) is 24.9 Å². The molecule has 1 amide bonds. The third-order valence-corrected chi connectivity index (χ3v) is 4.70. The summed E-state index contributed by atoms with van der Waals surface area (Å²) in [4.78, 5) is 28.5. The summed E-state index contributed by atoms with van der Waals surface area (Å²) in [7, 11) is 0. The lowest BCUT2D eigenvalue weighted by atomic mass is 10.0. The van der Waals surface area contributed by atoms with Crippen LogP contribution in [-0.2, 0) is 14.3 Å². The second kappa shape index (κ2) is 8.15. The number of hydrogen-bond acceptors (Lipinski definition) is 4. The number of anilines is 1. The van der Waals surface area contributed by atoms with Crippen LogP contribution in [0.4, 0.5) is 5.69 Å². The van der Waals surface area contributed by atoms with Crippen molar-refractivity contribution in [3.05, 3.63) is 54.6 Å². The van der Waals surface area contributed by atoms with E-state index in [1.807, 2.05) is 71.3 Å². The highest BCUT2D eigenvalue weighted by Crippen LogP contribution is 2.32. The maximum atomic E-state index is 13.0. The Kier molecular flexibility index (Phi) is 5.68. The quantitative estimate of drug-likeness (QED) is 0.777. The van der Waals surface area contributed by atoms with E-state index in [4.69, 9.17) is 4.74 Å². The van der Waals surface area contributed by atoms with E-state index in [-0.39, 0.29) is 24.5 Å². The van der Waals surface area contributed by atoms with Gasteiger partial charge in [-0.1, -0.05) is 48.5 Å². The molecule has 5 heteroatoms. The van der Waals surface area contributed by atoms with Gasteiger partial charge in [-0.25, -0.2) is 0 Å². The van der Waals surface area contributed by atoms with Gasteiger partial charge in [-0.15, -0.1) is 0 Å². The highest BCUT2D eigenvalue weighted by Gasteiger charge is 2.34. The molecule has 1 saturated heterocycles. The number of carbonyl (C=O) groups is 2. The molecule has 1 aliphatic rings. The van der Waals surface area contributed by atoms with Gasteiger partial charge in [0.1, 0.15) is 0 Å². The minimum Gasteiger partial charge on any atom is -0.465 e.